The number of hydrogen-bond acceptors (Lipinski definition) is 9. The second-order valence-electron chi connectivity index (χ2n) is 9.06. The molecule has 4 aromatic rings. The minimum Gasteiger partial charge on any atom is -0.495 e. The molecule has 0 fully saturated rings. The van der Waals surface area contributed by atoms with Crippen LogP contribution in [0.4, 0.5) is 5.82 Å². The average molecular weight is 601 g/mol. The van der Waals surface area contributed by atoms with Crippen molar-refractivity contribution in [3.63, 3.8) is 0 Å². The molecule has 2 aromatic heterocycles. The lowest BCUT2D eigenvalue weighted by molar-refractivity contribution is -0.129. The van der Waals surface area contributed by atoms with Crippen molar-refractivity contribution in [1.82, 2.24) is 24.8 Å². The molecule has 11 nitrogen and oxygen atoms in total. The van der Waals surface area contributed by atoms with Gasteiger partial charge in [-0.05, 0) is 24.7 Å². The standard InChI is InChI=1S/C17H12Cl2N2O4.C11H18N4O/c1-24-10-7-11(25-2)14(19)12(13(10)18)8-3-4-9(17(22)23)16-15(8)20-5-6-21-16;1-14(2)11(16)8-15(3)7-9-4-5-10(12)13-6-9/h3-7H,1-2H3,(H,22,23);4-6H,7-8H2,1-3H3,(H2,12,13). The summed E-state index contributed by atoms with van der Waals surface area (Å²) in [5.41, 5.74) is 8.13. The fraction of sp³-hybridized carbons (Fsp3) is 0.250. The van der Waals surface area contributed by atoms with Gasteiger partial charge in [0, 0.05) is 56.4 Å². The number of nitrogens with two attached hydrogens (primary N) is 1. The molecule has 2 aromatic carbocycles. The number of ether oxygens (including phenoxy) is 2. The quantitative estimate of drug-likeness (QED) is 0.296. The molecule has 0 saturated heterocycles. The van der Waals surface area contributed by atoms with Crippen molar-refractivity contribution in [2.75, 3.05) is 47.6 Å². The molecule has 216 valence electrons. The Bertz CT molecular complexity index is 1520. The molecular formula is C28H30Cl2N6O5. The lowest BCUT2D eigenvalue weighted by Gasteiger charge is -2.18. The Morgan fingerprint density at radius 2 is 1.54 bits per heavy atom. The highest BCUT2D eigenvalue weighted by atomic mass is 35.5. The number of anilines is 1. The summed E-state index contributed by atoms with van der Waals surface area (Å²) in [7, 11) is 8.35. The van der Waals surface area contributed by atoms with E-state index in [1.54, 1.807) is 43.4 Å². The van der Waals surface area contributed by atoms with Gasteiger partial charge in [-0.3, -0.25) is 19.7 Å². The Balaban J connectivity index is 0.000000250. The van der Waals surface area contributed by atoms with Crippen LogP contribution in [0.2, 0.25) is 10.0 Å². The Hall–Kier alpha value is -4.19. The average Bonchev–Trinajstić information content (AvgIpc) is 2.94. The number of likely N-dealkylation sites (N-methyl/N-ethyl adjacent to an activating group) is 2. The minimum absolute atomic E-state index is 0.0361. The lowest BCUT2D eigenvalue weighted by Crippen LogP contribution is -2.34. The number of carbonyl (C=O) groups is 2. The van der Waals surface area contributed by atoms with Crippen LogP contribution in [0.1, 0.15) is 15.9 Å². The van der Waals surface area contributed by atoms with Gasteiger partial charge in [0.2, 0.25) is 5.91 Å². The topological polar surface area (TPSA) is 144 Å². The van der Waals surface area contributed by atoms with Crippen LogP contribution in [0.5, 0.6) is 11.5 Å². The van der Waals surface area contributed by atoms with Crippen LogP contribution in [-0.4, -0.2) is 83.6 Å². The first kappa shape index (κ1) is 31.3. The summed E-state index contributed by atoms with van der Waals surface area (Å²) in [5.74, 6) is 0.244. The highest BCUT2D eigenvalue weighted by Gasteiger charge is 2.23. The molecule has 0 aliphatic rings. The zero-order chi connectivity index (χ0) is 30.3. The van der Waals surface area contributed by atoms with Crippen LogP contribution in [-0.2, 0) is 11.3 Å². The number of fused-ring (bicyclic) bond motifs is 1. The number of nitrogen functional groups attached to an aromatic ring is 1. The highest BCUT2D eigenvalue weighted by molar-refractivity contribution is 6.41. The molecule has 0 saturated carbocycles. The van der Waals surface area contributed by atoms with Crippen molar-refractivity contribution < 1.29 is 24.2 Å². The Morgan fingerprint density at radius 3 is 2.05 bits per heavy atom. The number of amides is 1. The van der Waals surface area contributed by atoms with Gasteiger partial charge >= 0.3 is 5.97 Å². The van der Waals surface area contributed by atoms with Gasteiger partial charge in [-0.25, -0.2) is 9.78 Å². The number of halogens is 2. The number of pyridine rings is 1. The van der Waals surface area contributed by atoms with E-state index in [0.29, 0.717) is 47.1 Å². The number of rotatable bonds is 8. The van der Waals surface area contributed by atoms with Gasteiger partial charge in [-0.2, -0.15) is 0 Å². The van der Waals surface area contributed by atoms with Crippen LogP contribution < -0.4 is 15.2 Å². The van der Waals surface area contributed by atoms with Crippen LogP contribution in [0.15, 0.2) is 48.9 Å². The monoisotopic (exact) mass is 600 g/mol. The summed E-state index contributed by atoms with van der Waals surface area (Å²) in [6.45, 7) is 1.09. The van der Waals surface area contributed by atoms with Gasteiger partial charge in [-0.1, -0.05) is 35.3 Å². The second-order valence-corrected chi connectivity index (χ2v) is 9.81. The van der Waals surface area contributed by atoms with Crippen molar-refractivity contribution in [3.8, 4) is 22.6 Å². The maximum atomic E-state index is 11.4. The van der Waals surface area contributed by atoms with Crippen LogP contribution in [0.25, 0.3) is 22.2 Å². The van der Waals surface area contributed by atoms with Crippen molar-refractivity contribution in [2.24, 2.45) is 0 Å². The summed E-state index contributed by atoms with van der Waals surface area (Å²) < 4.78 is 10.6. The lowest BCUT2D eigenvalue weighted by atomic mass is 10.00. The van der Waals surface area contributed by atoms with Crippen LogP contribution in [0, 0.1) is 0 Å². The molecule has 2 heterocycles. The van der Waals surface area contributed by atoms with Crippen molar-refractivity contribution in [2.45, 2.75) is 6.54 Å². The molecule has 1 amide bonds. The predicted molar refractivity (Wildman–Crippen MR) is 159 cm³/mol. The first-order chi connectivity index (χ1) is 19.5. The molecule has 0 atom stereocenters. The van der Waals surface area contributed by atoms with E-state index >= 15 is 0 Å². The zero-order valence-electron chi connectivity index (χ0n) is 23.2. The number of aromatic nitrogens is 3. The van der Waals surface area contributed by atoms with Gasteiger partial charge < -0.3 is 25.2 Å². The van der Waals surface area contributed by atoms with E-state index in [4.69, 9.17) is 38.4 Å². The van der Waals surface area contributed by atoms with Crippen molar-refractivity contribution >= 4 is 51.9 Å². The summed E-state index contributed by atoms with van der Waals surface area (Å²) in [6.07, 6.45) is 4.62. The number of nitrogens with zero attached hydrogens (tertiary/aromatic N) is 5. The maximum absolute atomic E-state index is 11.4. The molecule has 0 aliphatic heterocycles. The van der Waals surface area contributed by atoms with E-state index in [9.17, 15) is 14.7 Å². The molecule has 0 unspecified atom stereocenters. The number of carboxylic acids is 1. The third-order valence-corrected chi connectivity index (χ3v) is 6.65. The Morgan fingerprint density at radius 1 is 0.927 bits per heavy atom. The van der Waals surface area contributed by atoms with E-state index in [1.807, 2.05) is 18.0 Å². The molecule has 41 heavy (non-hydrogen) atoms. The zero-order valence-corrected chi connectivity index (χ0v) is 24.7. The summed E-state index contributed by atoms with van der Waals surface area (Å²) in [6, 6.07) is 8.28. The number of carboxylic acid groups (broad SMARTS) is 1. The molecule has 4 rings (SSSR count). The smallest absolute Gasteiger partial charge is 0.337 e. The normalized spacial score (nSPS) is 10.6. The Labute approximate surface area is 247 Å². The van der Waals surface area contributed by atoms with E-state index in [-0.39, 0.29) is 27.0 Å². The van der Waals surface area contributed by atoms with E-state index in [2.05, 4.69) is 15.0 Å². The van der Waals surface area contributed by atoms with E-state index < -0.39 is 5.97 Å². The fourth-order valence-electron chi connectivity index (χ4n) is 3.82. The third kappa shape index (κ3) is 7.51. The van der Waals surface area contributed by atoms with E-state index in [0.717, 1.165) is 5.56 Å². The van der Waals surface area contributed by atoms with Crippen LogP contribution >= 0.6 is 23.2 Å². The van der Waals surface area contributed by atoms with Gasteiger partial charge in [-0.15, -0.1) is 0 Å². The third-order valence-electron chi connectivity index (χ3n) is 5.90. The molecule has 13 heteroatoms. The number of carbonyl (C=O) groups excluding carboxylic acids is 1. The number of hydrogen-bond donors (Lipinski definition) is 2. The van der Waals surface area contributed by atoms with Crippen molar-refractivity contribution in [1.29, 1.82) is 0 Å². The maximum Gasteiger partial charge on any atom is 0.337 e. The summed E-state index contributed by atoms with van der Waals surface area (Å²) in [4.78, 5) is 38.8. The van der Waals surface area contributed by atoms with Crippen molar-refractivity contribution in [3.05, 3.63) is 70.1 Å². The van der Waals surface area contributed by atoms with E-state index in [1.165, 1.54) is 32.7 Å². The minimum atomic E-state index is -1.10. The SMILES string of the molecule is CN(CC(=O)N(C)C)Cc1ccc(N)nc1.COc1cc(OC)c(Cl)c(-c2ccc(C(=O)O)c3nccnc23)c1Cl. The first-order valence-electron chi connectivity index (χ1n) is 12.1. The second kappa shape index (κ2) is 13.9. The molecular weight excluding hydrogens is 571 g/mol. The molecule has 0 spiro atoms. The molecule has 0 aliphatic carbocycles. The van der Waals surface area contributed by atoms with Gasteiger partial charge in [0.05, 0.1) is 41.9 Å². The van der Waals surface area contributed by atoms with Crippen LogP contribution in [0.3, 0.4) is 0 Å². The largest absolute Gasteiger partial charge is 0.495 e. The predicted octanol–water partition coefficient (Wildman–Crippen LogP) is 4.50. The summed E-state index contributed by atoms with van der Waals surface area (Å²) in [5, 5.41) is 9.89. The molecule has 3 N–H and O–H groups in total. The molecule has 0 radical (unpaired) electrons. The molecule has 0 bridgehead atoms. The van der Waals surface area contributed by atoms with Gasteiger partial charge in [0.25, 0.3) is 0 Å². The first-order valence-corrected chi connectivity index (χ1v) is 12.9. The number of aromatic carboxylic acids is 1. The van der Waals surface area contributed by atoms with Gasteiger partial charge in [0.1, 0.15) is 22.8 Å². The number of benzene rings is 2. The number of methoxy groups -OCH3 is 2. The Kier molecular flexibility index (Phi) is 10.6. The fourth-order valence-corrected chi connectivity index (χ4v) is 4.53. The highest BCUT2D eigenvalue weighted by Crippen LogP contribution is 2.47. The summed E-state index contributed by atoms with van der Waals surface area (Å²) >= 11 is 12.9. The van der Waals surface area contributed by atoms with Gasteiger partial charge in [0.15, 0.2) is 0 Å².